The van der Waals surface area contributed by atoms with Crippen LogP contribution in [0.2, 0.25) is 0 Å². The van der Waals surface area contributed by atoms with Crippen LogP contribution in [0.1, 0.15) is 24.0 Å². The van der Waals surface area contributed by atoms with Gasteiger partial charge in [-0.2, -0.15) is 0 Å². The van der Waals surface area contributed by atoms with Crippen molar-refractivity contribution in [3.8, 4) is 11.4 Å². The van der Waals surface area contributed by atoms with E-state index in [0.29, 0.717) is 5.92 Å². The second-order valence-corrected chi connectivity index (χ2v) is 10.0. The third-order valence-electron chi connectivity index (χ3n) is 6.35. The van der Waals surface area contributed by atoms with Crippen molar-refractivity contribution in [3.05, 3.63) is 70.6 Å². The first-order valence-electron chi connectivity index (χ1n) is 11.5. The minimum absolute atomic E-state index is 0.694. The Kier molecular flexibility index (Phi) is 6.42. The molecule has 7 heteroatoms. The minimum atomic E-state index is 0.694. The Balaban J connectivity index is 1.36. The number of piperidine rings is 1. The van der Waals surface area contributed by atoms with Gasteiger partial charge in [-0.3, -0.25) is 4.98 Å². The van der Waals surface area contributed by atoms with E-state index in [0.717, 1.165) is 53.1 Å². The van der Waals surface area contributed by atoms with Gasteiger partial charge >= 0.3 is 0 Å². The summed E-state index contributed by atoms with van der Waals surface area (Å²) in [6.45, 7) is 2.97. The second-order valence-electron chi connectivity index (χ2n) is 9.17. The molecule has 170 valence electrons. The summed E-state index contributed by atoms with van der Waals surface area (Å²) in [5.41, 5.74) is 6.63. The van der Waals surface area contributed by atoms with E-state index < -0.39 is 0 Å². The predicted octanol–water partition coefficient (Wildman–Crippen LogP) is 5.30. The van der Waals surface area contributed by atoms with Crippen LogP contribution in [0.3, 0.4) is 0 Å². The van der Waals surface area contributed by atoms with E-state index in [4.69, 9.17) is 4.98 Å². The van der Waals surface area contributed by atoms with Crippen molar-refractivity contribution >= 4 is 32.8 Å². The van der Waals surface area contributed by atoms with Crippen LogP contribution in [-0.4, -0.2) is 52.0 Å². The fourth-order valence-electron chi connectivity index (χ4n) is 4.71. The van der Waals surface area contributed by atoms with Gasteiger partial charge in [-0.15, -0.1) is 0 Å². The van der Waals surface area contributed by atoms with Crippen LogP contribution >= 0.6 is 15.9 Å². The molecule has 0 spiro atoms. The van der Waals surface area contributed by atoms with Crippen molar-refractivity contribution in [2.45, 2.75) is 25.8 Å². The highest BCUT2D eigenvalue weighted by Gasteiger charge is 2.24. The van der Waals surface area contributed by atoms with Crippen LogP contribution in [-0.2, 0) is 13.0 Å². The molecule has 0 saturated carbocycles. The summed E-state index contributed by atoms with van der Waals surface area (Å²) in [6.07, 6.45) is 9.15. The number of halogens is 1. The van der Waals surface area contributed by atoms with Gasteiger partial charge in [0.15, 0.2) is 5.65 Å². The molecule has 1 aliphatic rings. The quantitative estimate of drug-likeness (QED) is 0.385. The van der Waals surface area contributed by atoms with Crippen LogP contribution < -0.4 is 4.90 Å². The fraction of sp³-hybridized carbons (Fsp3) is 0.346. The van der Waals surface area contributed by atoms with Gasteiger partial charge < -0.3 is 14.8 Å². The highest BCUT2D eigenvalue weighted by Crippen LogP contribution is 2.36. The zero-order valence-electron chi connectivity index (χ0n) is 19.1. The number of benzene rings is 1. The zero-order valence-corrected chi connectivity index (χ0v) is 20.7. The van der Waals surface area contributed by atoms with Crippen LogP contribution in [0, 0.1) is 5.92 Å². The van der Waals surface area contributed by atoms with E-state index in [1.54, 1.807) is 0 Å². The number of fused-ring (bicyclic) bond motifs is 1. The molecule has 1 aromatic carbocycles. The Morgan fingerprint density at radius 1 is 1.06 bits per heavy atom. The molecule has 1 saturated heterocycles. The molecule has 0 aliphatic carbocycles. The predicted molar refractivity (Wildman–Crippen MR) is 137 cm³/mol. The Labute approximate surface area is 203 Å². The van der Waals surface area contributed by atoms with Gasteiger partial charge in [-0.25, -0.2) is 9.97 Å². The summed E-state index contributed by atoms with van der Waals surface area (Å²) >= 11 is 3.75. The number of imidazole rings is 1. The van der Waals surface area contributed by atoms with Gasteiger partial charge in [0.1, 0.15) is 11.3 Å². The molecule has 4 heterocycles. The minimum Gasteiger partial charge on any atom is -0.369 e. The zero-order chi connectivity index (χ0) is 22.8. The highest BCUT2D eigenvalue weighted by atomic mass is 79.9. The van der Waals surface area contributed by atoms with E-state index in [1.807, 2.05) is 24.7 Å². The standard InChI is InChI=1S/C26H29BrN6/c1-32(2)17-19-5-7-21(8-6-19)25-30-23-24(22(27)16-29-26(23)31-25)33-12-9-18(10-13-33)14-20-4-3-11-28-15-20/h3-8,11,15-16,18H,9-10,12-14,17H2,1-2H3,(H,29,30,31). The number of H-pyrrole nitrogens is 1. The number of pyridine rings is 2. The lowest BCUT2D eigenvalue weighted by Crippen LogP contribution is -2.34. The maximum Gasteiger partial charge on any atom is 0.180 e. The first-order valence-corrected chi connectivity index (χ1v) is 12.3. The molecule has 1 N–H and O–H groups in total. The smallest absolute Gasteiger partial charge is 0.180 e. The van der Waals surface area contributed by atoms with Gasteiger partial charge in [0.2, 0.25) is 0 Å². The molecule has 33 heavy (non-hydrogen) atoms. The number of anilines is 1. The molecule has 6 nitrogen and oxygen atoms in total. The SMILES string of the molecule is CN(C)Cc1ccc(-c2nc3ncc(Br)c(N4CCC(Cc5cccnc5)CC4)c3[nH]2)cc1. The maximum absolute atomic E-state index is 4.81. The Morgan fingerprint density at radius 3 is 2.55 bits per heavy atom. The average Bonchev–Trinajstić information content (AvgIpc) is 3.25. The van der Waals surface area contributed by atoms with Crippen LogP contribution in [0.5, 0.6) is 0 Å². The van der Waals surface area contributed by atoms with Crippen LogP contribution in [0.15, 0.2) is 59.5 Å². The van der Waals surface area contributed by atoms with Crippen LogP contribution in [0.4, 0.5) is 5.69 Å². The van der Waals surface area contributed by atoms with Crippen molar-refractivity contribution in [2.24, 2.45) is 5.92 Å². The molecule has 5 rings (SSSR count). The van der Waals surface area contributed by atoms with Gasteiger partial charge in [0.05, 0.1) is 10.2 Å². The monoisotopic (exact) mass is 504 g/mol. The third kappa shape index (κ3) is 4.94. The van der Waals surface area contributed by atoms with E-state index in [-0.39, 0.29) is 0 Å². The number of nitrogens with one attached hydrogen (secondary N) is 1. The average molecular weight is 505 g/mol. The molecular weight excluding hydrogens is 476 g/mol. The largest absolute Gasteiger partial charge is 0.369 e. The topological polar surface area (TPSA) is 60.9 Å². The molecule has 3 aromatic heterocycles. The van der Waals surface area contributed by atoms with Crippen molar-refractivity contribution in [2.75, 3.05) is 32.1 Å². The molecule has 4 aromatic rings. The van der Waals surface area contributed by atoms with E-state index in [9.17, 15) is 0 Å². The Hall–Kier alpha value is -2.77. The number of nitrogens with zero attached hydrogens (tertiary/aromatic N) is 5. The number of rotatable bonds is 6. The summed E-state index contributed by atoms with van der Waals surface area (Å²) < 4.78 is 1.01. The molecule has 0 radical (unpaired) electrons. The molecule has 1 aliphatic heterocycles. The lowest BCUT2D eigenvalue weighted by molar-refractivity contribution is 0.402. The summed E-state index contributed by atoms with van der Waals surface area (Å²) in [7, 11) is 4.17. The second kappa shape index (κ2) is 9.61. The lowest BCUT2D eigenvalue weighted by Gasteiger charge is -2.34. The maximum atomic E-state index is 4.81. The molecule has 0 amide bonds. The number of aromatic nitrogens is 4. The summed E-state index contributed by atoms with van der Waals surface area (Å²) in [5.74, 6) is 1.55. The van der Waals surface area contributed by atoms with E-state index >= 15 is 0 Å². The molecule has 0 unspecified atom stereocenters. The number of hydrogen-bond acceptors (Lipinski definition) is 5. The summed E-state index contributed by atoms with van der Waals surface area (Å²) in [6, 6.07) is 12.8. The lowest BCUT2D eigenvalue weighted by atomic mass is 9.90. The van der Waals surface area contributed by atoms with E-state index in [1.165, 1.54) is 29.7 Å². The number of hydrogen-bond donors (Lipinski definition) is 1. The summed E-state index contributed by atoms with van der Waals surface area (Å²) in [5, 5.41) is 0. The fourth-order valence-corrected chi connectivity index (χ4v) is 5.26. The van der Waals surface area contributed by atoms with Gasteiger partial charge in [0, 0.05) is 43.8 Å². The normalized spacial score (nSPS) is 15.0. The van der Waals surface area contributed by atoms with Gasteiger partial charge in [0.25, 0.3) is 0 Å². The van der Waals surface area contributed by atoms with Crippen molar-refractivity contribution in [3.63, 3.8) is 0 Å². The molecule has 0 atom stereocenters. The summed E-state index contributed by atoms with van der Waals surface area (Å²) in [4.78, 5) is 21.9. The molecule has 1 fully saturated rings. The van der Waals surface area contributed by atoms with Gasteiger partial charge in [-0.1, -0.05) is 30.3 Å². The van der Waals surface area contributed by atoms with Crippen molar-refractivity contribution < 1.29 is 0 Å². The van der Waals surface area contributed by atoms with Crippen molar-refractivity contribution in [1.82, 2.24) is 24.8 Å². The Bertz CT molecular complexity index is 1210. The van der Waals surface area contributed by atoms with Gasteiger partial charge in [-0.05, 0) is 72.4 Å². The highest BCUT2D eigenvalue weighted by molar-refractivity contribution is 9.10. The van der Waals surface area contributed by atoms with Crippen LogP contribution in [0.25, 0.3) is 22.6 Å². The number of aromatic amines is 1. The third-order valence-corrected chi connectivity index (χ3v) is 6.93. The van der Waals surface area contributed by atoms with Crippen molar-refractivity contribution in [1.29, 1.82) is 0 Å². The first kappa shape index (κ1) is 22.0. The molecule has 0 bridgehead atoms. The Morgan fingerprint density at radius 2 is 1.85 bits per heavy atom. The molecular formula is C26H29BrN6. The first-order chi connectivity index (χ1) is 16.1. The van der Waals surface area contributed by atoms with E-state index in [2.05, 4.69) is 85.1 Å².